The largest absolute Gasteiger partial charge is 0.342 e. The van der Waals surface area contributed by atoms with Gasteiger partial charge in [-0.1, -0.05) is 30.3 Å². The molecule has 24 heavy (non-hydrogen) atoms. The van der Waals surface area contributed by atoms with Crippen LogP contribution < -0.4 is 5.73 Å². The Balaban J connectivity index is 1.56. The van der Waals surface area contributed by atoms with E-state index in [1.165, 1.54) is 5.56 Å². The van der Waals surface area contributed by atoms with Crippen molar-refractivity contribution in [1.29, 1.82) is 0 Å². The highest BCUT2D eigenvalue weighted by Gasteiger charge is 2.32. The maximum absolute atomic E-state index is 13.0. The average Bonchev–Trinajstić information content (AvgIpc) is 2.62. The van der Waals surface area contributed by atoms with E-state index in [9.17, 15) is 4.79 Å². The fourth-order valence-electron chi connectivity index (χ4n) is 4.14. The van der Waals surface area contributed by atoms with E-state index in [4.69, 9.17) is 5.73 Å². The minimum absolute atomic E-state index is 0.161. The van der Waals surface area contributed by atoms with Crippen molar-refractivity contribution in [3.05, 3.63) is 35.9 Å². The molecule has 0 spiro atoms. The maximum Gasteiger partial charge on any atom is 0.226 e. The fraction of sp³-hybridized carbons (Fsp3) is 0.650. The summed E-state index contributed by atoms with van der Waals surface area (Å²) in [5.74, 6) is 0.985. The molecule has 1 aromatic rings. The number of rotatable bonds is 4. The number of hydrogen-bond acceptors (Lipinski definition) is 3. The first-order valence-corrected chi connectivity index (χ1v) is 9.44. The highest BCUT2D eigenvalue weighted by molar-refractivity contribution is 5.79. The summed E-state index contributed by atoms with van der Waals surface area (Å²) >= 11 is 0. The molecule has 2 N–H and O–H groups in total. The Morgan fingerprint density at radius 2 is 1.92 bits per heavy atom. The van der Waals surface area contributed by atoms with E-state index >= 15 is 0 Å². The number of benzene rings is 1. The smallest absolute Gasteiger partial charge is 0.226 e. The van der Waals surface area contributed by atoms with E-state index in [0.29, 0.717) is 11.8 Å². The van der Waals surface area contributed by atoms with Crippen LogP contribution in [0.15, 0.2) is 30.3 Å². The van der Waals surface area contributed by atoms with Gasteiger partial charge in [-0.15, -0.1) is 0 Å². The number of piperidine rings is 2. The molecule has 3 rings (SSSR count). The van der Waals surface area contributed by atoms with Crippen LogP contribution in [0.3, 0.4) is 0 Å². The molecule has 2 heterocycles. The van der Waals surface area contributed by atoms with Gasteiger partial charge in [0.25, 0.3) is 0 Å². The first kappa shape index (κ1) is 17.4. The Morgan fingerprint density at radius 1 is 1.17 bits per heavy atom. The van der Waals surface area contributed by atoms with E-state index in [-0.39, 0.29) is 12.0 Å². The molecule has 2 saturated heterocycles. The van der Waals surface area contributed by atoms with Crippen LogP contribution in [0.5, 0.6) is 0 Å². The number of nitrogens with two attached hydrogens (primary N) is 1. The Labute approximate surface area is 146 Å². The van der Waals surface area contributed by atoms with Crippen molar-refractivity contribution in [2.75, 3.05) is 26.2 Å². The van der Waals surface area contributed by atoms with Crippen molar-refractivity contribution in [1.82, 2.24) is 9.80 Å². The minimum Gasteiger partial charge on any atom is -0.342 e. The highest BCUT2D eigenvalue weighted by atomic mass is 16.2. The van der Waals surface area contributed by atoms with Crippen LogP contribution in [-0.4, -0.2) is 47.9 Å². The van der Waals surface area contributed by atoms with Crippen LogP contribution in [0.25, 0.3) is 0 Å². The lowest BCUT2D eigenvalue weighted by atomic mass is 9.90. The lowest BCUT2D eigenvalue weighted by molar-refractivity contribution is -0.139. The van der Waals surface area contributed by atoms with Gasteiger partial charge < -0.3 is 10.6 Å². The zero-order valence-electron chi connectivity index (χ0n) is 14.9. The Bertz CT molecular complexity index is 531. The Morgan fingerprint density at radius 3 is 2.67 bits per heavy atom. The van der Waals surface area contributed by atoms with Crippen molar-refractivity contribution >= 4 is 5.91 Å². The van der Waals surface area contributed by atoms with E-state index in [1.807, 2.05) is 0 Å². The molecule has 2 fully saturated rings. The number of nitrogens with zero attached hydrogens (tertiary/aromatic N) is 2. The summed E-state index contributed by atoms with van der Waals surface area (Å²) in [6, 6.07) is 10.7. The van der Waals surface area contributed by atoms with Crippen molar-refractivity contribution in [2.45, 2.75) is 45.2 Å². The summed E-state index contributed by atoms with van der Waals surface area (Å²) in [6.07, 6.45) is 4.40. The fourth-order valence-corrected chi connectivity index (χ4v) is 4.14. The number of carbonyl (C=O) groups excluding carboxylic acids is 1. The Kier molecular flexibility index (Phi) is 5.90. The third kappa shape index (κ3) is 4.37. The zero-order valence-corrected chi connectivity index (χ0v) is 14.9. The molecule has 1 aromatic carbocycles. The summed E-state index contributed by atoms with van der Waals surface area (Å²) in [4.78, 5) is 17.5. The van der Waals surface area contributed by atoms with Gasteiger partial charge in [0.2, 0.25) is 5.91 Å². The number of carbonyl (C=O) groups is 1. The van der Waals surface area contributed by atoms with E-state index in [0.717, 1.165) is 58.4 Å². The Hall–Kier alpha value is -1.39. The van der Waals surface area contributed by atoms with Gasteiger partial charge in [0.05, 0.1) is 5.92 Å². The van der Waals surface area contributed by atoms with E-state index in [1.54, 1.807) is 0 Å². The van der Waals surface area contributed by atoms with Gasteiger partial charge in [0.15, 0.2) is 0 Å². The summed E-state index contributed by atoms with van der Waals surface area (Å²) < 4.78 is 0. The molecule has 3 atom stereocenters. The van der Waals surface area contributed by atoms with Gasteiger partial charge in [-0.2, -0.15) is 0 Å². The zero-order chi connectivity index (χ0) is 16.9. The minimum atomic E-state index is 0.161. The highest BCUT2D eigenvalue weighted by Crippen LogP contribution is 2.25. The molecule has 4 nitrogen and oxygen atoms in total. The molecule has 0 radical (unpaired) electrons. The van der Waals surface area contributed by atoms with Crippen LogP contribution in [0.2, 0.25) is 0 Å². The van der Waals surface area contributed by atoms with Crippen molar-refractivity contribution in [3.8, 4) is 0 Å². The normalized spacial score (nSPS) is 27.0. The molecule has 4 heteroatoms. The number of amides is 1. The standard InChI is InChI=1S/C20H31N3O/c1-16(21)18-9-6-12-23(15-18)20(24)19-10-5-11-22(14-19)13-17-7-3-2-4-8-17/h2-4,7-8,16,18-19H,5-6,9-15,21H2,1H3. The van der Waals surface area contributed by atoms with Gasteiger partial charge in [-0.3, -0.25) is 9.69 Å². The van der Waals surface area contributed by atoms with Crippen molar-refractivity contribution < 1.29 is 4.79 Å². The van der Waals surface area contributed by atoms with Crippen LogP contribution >= 0.6 is 0 Å². The monoisotopic (exact) mass is 329 g/mol. The quantitative estimate of drug-likeness (QED) is 0.923. The van der Waals surface area contributed by atoms with Gasteiger partial charge in [-0.25, -0.2) is 0 Å². The van der Waals surface area contributed by atoms with E-state index in [2.05, 4.69) is 47.1 Å². The third-order valence-electron chi connectivity index (χ3n) is 5.62. The average molecular weight is 329 g/mol. The number of hydrogen-bond donors (Lipinski definition) is 1. The summed E-state index contributed by atoms with van der Waals surface area (Å²) in [5, 5.41) is 0. The lowest BCUT2D eigenvalue weighted by Crippen LogP contribution is -2.50. The SMILES string of the molecule is CC(N)C1CCCN(C(=O)C2CCCN(Cc3ccccc3)C2)C1. The molecule has 0 aromatic heterocycles. The predicted octanol–water partition coefficient (Wildman–Crippen LogP) is 2.48. The van der Waals surface area contributed by atoms with E-state index < -0.39 is 0 Å². The molecular formula is C20H31N3O. The molecule has 0 bridgehead atoms. The van der Waals surface area contributed by atoms with Gasteiger partial charge >= 0.3 is 0 Å². The van der Waals surface area contributed by atoms with Crippen LogP contribution in [0.4, 0.5) is 0 Å². The summed E-state index contributed by atoms with van der Waals surface area (Å²) in [6.45, 7) is 6.78. The van der Waals surface area contributed by atoms with Crippen LogP contribution in [0.1, 0.15) is 38.2 Å². The lowest BCUT2D eigenvalue weighted by Gasteiger charge is -2.39. The van der Waals surface area contributed by atoms with Crippen molar-refractivity contribution in [3.63, 3.8) is 0 Å². The first-order chi connectivity index (χ1) is 11.6. The second-order valence-corrected chi connectivity index (χ2v) is 7.61. The number of likely N-dealkylation sites (tertiary alicyclic amines) is 2. The first-order valence-electron chi connectivity index (χ1n) is 9.44. The van der Waals surface area contributed by atoms with Crippen LogP contribution in [0, 0.1) is 11.8 Å². The molecule has 132 valence electrons. The molecule has 0 saturated carbocycles. The molecule has 0 aliphatic carbocycles. The predicted molar refractivity (Wildman–Crippen MR) is 97.4 cm³/mol. The van der Waals surface area contributed by atoms with Gasteiger partial charge in [-0.05, 0) is 50.6 Å². The summed E-state index contributed by atoms with van der Waals surface area (Å²) in [5.41, 5.74) is 7.40. The molecule has 2 aliphatic rings. The van der Waals surface area contributed by atoms with Gasteiger partial charge in [0, 0.05) is 32.2 Å². The maximum atomic E-state index is 13.0. The van der Waals surface area contributed by atoms with Crippen molar-refractivity contribution in [2.24, 2.45) is 17.6 Å². The third-order valence-corrected chi connectivity index (χ3v) is 5.62. The second-order valence-electron chi connectivity index (χ2n) is 7.61. The summed E-state index contributed by atoms with van der Waals surface area (Å²) in [7, 11) is 0. The molecule has 1 amide bonds. The van der Waals surface area contributed by atoms with Gasteiger partial charge in [0.1, 0.15) is 0 Å². The second kappa shape index (κ2) is 8.13. The molecule has 3 unspecified atom stereocenters. The topological polar surface area (TPSA) is 49.6 Å². The van der Waals surface area contributed by atoms with Crippen LogP contribution in [-0.2, 0) is 11.3 Å². The molecular weight excluding hydrogens is 298 g/mol. The molecule has 2 aliphatic heterocycles.